The number of aryl methyl sites for hydroxylation is 1. The van der Waals surface area contributed by atoms with Crippen LogP contribution in [0.25, 0.3) is 22.7 Å². The molecule has 2 aromatic heterocycles. The number of hydrogen-bond donors (Lipinski definition) is 7. The molecule has 7 N–H and O–H groups in total. The van der Waals surface area contributed by atoms with Gasteiger partial charge in [0.05, 0.1) is 5.56 Å². The van der Waals surface area contributed by atoms with Gasteiger partial charge < -0.3 is 45.8 Å². The van der Waals surface area contributed by atoms with Crippen LogP contribution in [0.15, 0.2) is 21.2 Å². The zero-order valence-electron chi connectivity index (χ0n) is 25.0. The van der Waals surface area contributed by atoms with E-state index in [0.29, 0.717) is 6.07 Å². The van der Waals surface area contributed by atoms with Gasteiger partial charge >= 0.3 is 69.0 Å². The molecule has 0 saturated heterocycles. The van der Waals surface area contributed by atoms with Gasteiger partial charge in [0, 0.05) is 19.5 Å². The van der Waals surface area contributed by atoms with Crippen molar-refractivity contribution in [3.8, 4) is 34.2 Å². The van der Waals surface area contributed by atoms with Crippen molar-refractivity contribution >= 4 is 74.9 Å². The summed E-state index contributed by atoms with van der Waals surface area (Å²) in [5, 5.41) is 9.93. The summed E-state index contributed by atoms with van der Waals surface area (Å²) in [6.45, 7) is 6.22. The van der Waals surface area contributed by atoms with Crippen molar-refractivity contribution in [2.45, 2.75) is 33.6 Å². The number of hydrogen-bond acceptors (Lipinski definition) is 14. The number of nitrogens with zero attached hydrogens (tertiary/aromatic N) is 3. The van der Waals surface area contributed by atoms with Gasteiger partial charge in [-0.05, 0) is 24.5 Å². The molecule has 3 aromatic rings. The van der Waals surface area contributed by atoms with Crippen molar-refractivity contribution in [2.75, 3.05) is 6.54 Å². The Labute approximate surface area is 279 Å². The average Bonchev–Trinajstić information content (AvgIpc) is 3.41. The van der Waals surface area contributed by atoms with Gasteiger partial charge in [-0.3, -0.25) is 14.6 Å². The molecule has 0 radical (unpaired) electrons. The maximum Gasteiger partial charge on any atom is 2.00 e. The van der Waals surface area contributed by atoms with Crippen molar-refractivity contribution in [1.29, 1.82) is 0 Å². The Bertz CT molecular complexity index is 1720. The van der Waals surface area contributed by atoms with Crippen LogP contribution < -0.4 is 14.4 Å². The molecule has 242 valence electrons. The van der Waals surface area contributed by atoms with Crippen molar-refractivity contribution in [3.05, 3.63) is 29.3 Å². The van der Waals surface area contributed by atoms with Gasteiger partial charge in [-0.2, -0.15) is 13.6 Å². The zero-order chi connectivity index (χ0) is 32.5. The SMILES string of the molecule is CCNC(=O)c1noc(-c2cc(C(C)C)c(OP(=O)(O)OP(=O)(O)O)cc2OP(=O)(O)OP(=O)(O)O)c1-c1noc(C)n1.[Ca+2].[H-].[H-]. The number of amides is 1. The first-order chi connectivity index (χ1) is 19.6. The fraction of sp³-hybridized carbons (Fsp3) is 0.333. The van der Waals surface area contributed by atoms with E-state index in [0.717, 1.165) is 6.07 Å². The van der Waals surface area contributed by atoms with Gasteiger partial charge in [0.2, 0.25) is 11.7 Å². The van der Waals surface area contributed by atoms with Gasteiger partial charge in [0.15, 0.2) is 11.5 Å². The molecule has 0 bridgehead atoms. The topological polar surface area (TPSA) is 321 Å². The first kappa shape index (κ1) is 38.7. The Hall–Kier alpha value is -1.50. The molecule has 0 saturated carbocycles. The number of aromatic nitrogens is 3. The number of nitrogens with one attached hydrogen (secondary N) is 1. The minimum Gasteiger partial charge on any atom is -1.00 e. The largest absolute Gasteiger partial charge is 2.00 e. The molecule has 1 amide bonds. The number of carbonyl (C=O) groups excluding carboxylic acids is 1. The normalized spacial score (nSPS) is 14.8. The molecule has 21 nitrogen and oxygen atoms in total. The number of carbonyl (C=O) groups is 1. The van der Waals surface area contributed by atoms with E-state index in [9.17, 15) is 32.8 Å². The average molecular weight is 734 g/mol. The molecule has 0 spiro atoms. The zero-order valence-corrected chi connectivity index (χ0v) is 28.7. The third-order valence-electron chi connectivity index (χ3n) is 4.82. The molecule has 0 aliphatic carbocycles. The summed E-state index contributed by atoms with van der Waals surface area (Å²) in [4.78, 5) is 72.8. The Morgan fingerprint density at radius 1 is 0.932 bits per heavy atom. The molecule has 3 rings (SSSR count). The van der Waals surface area contributed by atoms with Crippen LogP contribution in [0.3, 0.4) is 0 Å². The van der Waals surface area contributed by atoms with Crippen LogP contribution in [-0.2, 0) is 26.9 Å². The van der Waals surface area contributed by atoms with Crippen LogP contribution in [0.1, 0.15) is 51.5 Å². The first-order valence-corrected chi connectivity index (χ1v) is 17.5. The second-order valence-electron chi connectivity index (χ2n) is 8.54. The fourth-order valence-electron chi connectivity index (χ4n) is 3.39. The van der Waals surface area contributed by atoms with E-state index in [1.54, 1.807) is 6.92 Å². The third kappa shape index (κ3) is 10.5. The molecule has 2 heterocycles. The predicted molar refractivity (Wildman–Crippen MR) is 147 cm³/mol. The second kappa shape index (κ2) is 14.5. The number of phosphoric acid groups is 4. The van der Waals surface area contributed by atoms with E-state index in [1.165, 1.54) is 20.8 Å². The maximum absolute atomic E-state index is 12.8. The number of rotatable bonds is 13. The fourth-order valence-corrected chi connectivity index (χ4v) is 6.62. The standard InChI is InChI=1S/C18H24N4O17P4.Ca.2H/c1-5-19-18(23)15-14(17-20-9(4)34-22-17)16(35-21-15)11-6-10(8(2)3)12(36-42(30,31)38-40(24,25)26)7-13(11)37-43(32,33)39-41(27,28)29;;;/h6-8H,5H2,1-4H3,(H,19,23)(H,30,31)(H,32,33)(H2,24,25,26)(H2,27,28,29);;;/q;+2;2*-1. The summed E-state index contributed by atoms with van der Waals surface area (Å²) >= 11 is 0. The van der Waals surface area contributed by atoms with Gasteiger partial charge in [-0.1, -0.05) is 24.2 Å². The predicted octanol–water partition coefficient (Wildman–Crippen LogP) is 2.59. The summed E-state index contributed by atoms with van der Waals surface area (Å²) in [5.41, 5.74) is -1.11. The van der Waals surface area contributed by atoms with Crippen molar-refractivity contribution in [3.63, 3.8) is 0 Å². The summed E-state index contributed by atoms with van der Waals surface area (Å²) < 4.78 is 75.0. The smallest absolute Gasteiger partial charge is 1.00 e. The van der Waals surface area contributed by atoms with Crippen LogP contribution in [-0.4, -0.2) is 94.8 Å². The molecule has 2 unspecified atom stereocenters. The Morgan fingerprint density at radius 2 is 1.48 bits per heavy atom. The second-order valence-corrected chi connectivity index (χ2v) is 14.0. The van der Waals surface area contributed by atoms with E-state index in [4.69, 9.17) is 37.7 Å². The molecular weight excluding hydrogens is 708 g/mol. The maximum atomic E-state index is 12.8. The van der Waals surface area contributed by atoms with Gasteiger partial charge in [0.1, 0.15) is 17.1 Å². The van der Waals surface area contributed by atoms with E-state index >= 15 is 0 Å². The molecule has 1 aromatic carbocycles. The van der Waals surface area contributed by atoms with E-state index in [-0.39, 0.29) is 70.0 Å². The molecular formula is C18H26CaN4O17P4. The van der Waals surface area contributed by atoms with E-state index < -0.39 is 71.6 Å². The van der Waals surface area contributed by atoms with Gasteiger partial charge in [-0.15, -0.1) is 0 Å². The third-order valence-corrected chi connectivity index (χ3v) is 9.03. The van der Waals surface area contributed by atoms with Crippen LogP contribution in [0, 0.1) is 6.92 Å². The van der Waals surface area contributed by atoms with Crippen LogP contribution in [0.4, 0.5) is 0 Å². The number of phosphoric ester groups is 2. The van der Waals surface area contributed by atoms with Gasteiger partial charge in [0.25, 0.3) is 5.91 Å². The van der Waals surface area contributed by atoms with Crippen molar-refractivity contribution in [2.24, 2.45) is 0 Å². The molecule has 0 fully saturated rings. The Balaban J connectivity index is 0.00000675. The molecule has 2 atom stereocenters. The minimum absolute atomic E-state index is 0. The molecule has 44 heavy (non-hydrogen) atoms. The first-order valence-electron chi connectivity index (χ1n) is 11.5. The summed E-state index contributed by atoms with van der Waals surface area (Å²) in [7, 11) is -22.6. The Morgan fingerprint density at radius 3 is 1.93 bits per heavy atom. The van der Waals surface area contributed by atoms with Crippen LogP contribution in [0.2, 0.25) is 0 Å². The monoisotopic (exact) mass is 734 g/mol. The molecule has 26 heteroatoms. The quantitative estimate of drug-likeness (QED) is 0.0979. The van der Waals surface area contributed by atoms with Crippen LogP contribution >= 0.6 is 31.3 Å². The van der Waals surface area contributed by atoms with Gasteiger partial charge in [-0.25, -0.2) is 18.3 Å². The molecule has 0 aliphatic rings. The minimum atomic E-state index is -5.73. The molecule has 0 aliphatic heterocycles. The van der Waals surface area contributed by atoms with Crippen LogP contribution in [0.5, 0.6) is 11.5 Å². The van der Waals surface area contributed by atoms with Crippen molar-refractivity contribution in [1.82, 2.24) is 20.6 Å². The summed E-state index contributed by atoms with van der Waals surface area (Å²) in [6, 6.07) is 1.69. The van der Waals surface area contributed by atoms with E-state index in [1.807, 2.05) is 0 Å². The number of benzene rings is 1. The van der Waals surface area contributed by atoms with E-state index in [2.05, 4.69) is 29.2 Å². The summed E-state index contributed by atoms with van der Waals surface area (Å²) in [6.07, 6.45) is 0. The summed E-state index contributed by atoms with van der Waals surface area (Å²) in [5.74, 6) is -3.74. The van der Waals surface area contributed by atoms with Crippen molar-refractivity contribution < 1.29 is 82.0 Å². The Kier molecular flexibility index (Phi) is 12.8.